The second-order valence-electron chi connectivity index (χ2n) is 5.14. The number of sulfonamides is 1. The van der Waals surface area contributed by atoms with E-state index in [0.29, 0.717) is 16.8 Å². The minimum Gasteiger partial charge on any atom is -0.310 e. The number of aryl methyl sites for hydroxylation is 1. The standard InChI is InChI=1S/C13H24N2O2S2/c1-6-11(5)15-19(16,17)13-7-10(4)12(18-13)8-14-9(2)3/h7,9,11,14-15H,6,8H2,1-5H3. The van der Waals surface area contributed by atoms with E-state index in [2.05, 4.69) is 23.9 Å². The Bertz CT molecular complexity index is 507. The van der Waals surface area contributed by atoms with Gasteiger partial charge in [-0.05, 0) is 31.9 Å². The molecule has 0 amide bonds. The van der Waals surface area contributed by atoms with Crippen molar-refractivity contribution >= 4 is 21.4 Å². The molecule has 6 heteroatoms. The Hall–Kier alpha value is -0.430. The van der Waals surface area contributed by atoms with E-state index in [0.717, 1.165) is 16.9 Å². The maximum atomic E-state index is 12.2. The highest BCUT2D eigenvalue weighted by Crippen LogP contribution is 2.26. The summed E-state index contributed by atoms with van der Waals surface area (Å²) in [5.74, 6) is 0. The summed E-state index contributed by atoms with van der Waals surface area (Å²) in [6, 6.07) is 2.11. The van der Waals surface area contributed by atoms with Crippen LogP contribution >= 0.6 is 11.3 Å². The molecule has 110 valence electrons. The van der Waals surface area contributed by atoms with Gasteiger partial charge in [0.05, 0.1) is 0 Å². The number of rotatable bonds is 7. The molecule has 0 aliphatic heterocycles. The lowest BCUT2D eigenvalue weighted by atomic mass is 10.3. The van der Waals surface area contributed by atoms with E-state index < -0.39 is 10.0 Å². The molecule has 0 saturated carbocycles. The van der Waals surface area contributed by atoms with E-state index in [1.807, 2.05) is 20.8 Å². The third-order valence-corrected chi connectivity index (χ3v) is 6.20. The second-order valence-corrected chi connectivity index (χ2v) is 8.22. The molecule has 0 spiro atoms. The minimum absolute atomic E-state index is 0.0374. The molecule has 4 nitrogen and oxygen atoms in total. The third kappa shape index (κ3) is 4.87. The van der Waals surface area contributed by atoms with Crippen LogP contribution in [-0.2, 0) is 16.6 Å². The first-order chi connectivity index (χ1) is 8.76. The Morgan fingerprint density at radius 1 is 1.32 bits per heavy atom. The smallest absolute Gasteiger partial charge is 0.250 e. The van der Waals surface area contributed by atoms with Gasteiger partial charge in [-0.15, -0.1) is 11.3 Å². The molecule has 1 atom stereocenters. The van der Waals surface area contributed by atoms with Crippen LogP contribution in [0.4, 0.5) is 0 Å². The lowest BCUT2D eigenvalue weighted by Gasteiger charge is -2.10. The van der Waals surface area contributed by atoms with Crippen LogP contribution in [0.25, 0.3) is 0 Å². The quantitative estimate of drug-likeness (QED) is 0.814. The lowest BCUT2D eigenvalue weighted by molar-refractivity contribution is 0.558. The summed E-state index contributed by atoms with van der Waals surface area (Å²) in [4.78, 5) is 1.08. The molecule has 0 saturated heterocycles. The monoisotopic (exact) mass is 304 g/mol. The van der Waals surface area contributed by atoms with Gasteiger partial charge in [0, 0.05) is 23.5 Å². The highest BCUT2D eigenvalue weighted by molar-refractivity contribution is 7.91. The Morgan fingerprint density at radius 3 is 2.47 bits per heavy atom. The minimum atomic E-state index is -3.37. The van der Waals surface area contributed by atoms with Gasteiger partial charge in [-0.25, -0.2) is 13.1 Å². The zero-order valence-corrected chi connectivity index (χ0v) is 13.9. The number of hydrogen-bond acceptors (Lipinski definition) is 4. The first-order valence-corrected chi connectivity index (χ1v) is 8.91. The van der Waals surface area contributed by atoms with Crippen molar-refractivity contribution < 1.29 is 8.42 Å². The largest absolute Gasteiger partial charge is 0.310 e. The molecular formula is C13H24N2O2S2. The van der Waals surface area contributed by atoms with Crippen molar-refractivity contribution in [1.82, 2.24) is 10.0 Å². The normalized spacial score (nSPS) is 14.0. The molecule has 1 heterocycles. The van der Waals surface area contributed by atoms with E-state index in [1.54, 1.807) is 6.07 Å². The van der Waals surface area contributed by atoms with Gasteiger partial charge in [-0.2, -0.15) is 0 Å². The topological polar surface area (TPSA) is 58.2 Å². The van der Waals surface area contributed by atoms with Crippen molar-refractivity contribution in [3.8, 4) is 0 Å². The summed E-state index contributed by atoms with van der Waals surface area (Å²) >= 11 is 1.35. The number of thiophene rings is 1. The van der Waals surface area contributed by atoms with Crippen molar-refractivity contribution in [3.05, 3.63) is 16.5 Å². The zero-order valence-electron chi connectivity index (χ0n) is 12.3. The predicted molar refractivity (Wildman–Crippen MR) is 81.1 cm³/mol. The Morgan fingerprint density at radius 2 is 1.95 bits per heavy atom. The molecule has 1 aromatic rings. The van der Waals surface area contributed by atoms with Crippen LogP contribution < -0.4 is 10.0 Å². The Kier molecular flexibility index (Phi) is 5.98. The van der Waals surface area contributed by atoms with Gasteiger partial charge in [-0.1, -0.05) is 20.8 Å². The average molecular weight is 304 g/mol. The van der Waals surface area contributed by atoms with Crippen LogP contribution in [0.15, 0.2) is 10.3 Å². The first-order valence-electron chi connectivity index (χ1n) is 6.61. The summed E-state index contributed by atoms with van der Waals surface area (Å²) in [6.45, 7) is 10.7. The molecule has 0 fully saturated rings. The Labute approximate surface area is 120 Å². The predicted octanol–water partition coefficient (Wildman–Crippen LogP) is 2.63. The van der Waals surface area contributed by atoms with Crippen molar-refractivity contribution in [2.75, 3.05) is 0 Å². The van der Waals surface area contributed by atoms with Crippen molar-refractivity contribution in [2.24, 2.45) is 0 Å². The van der Waals surface area contributed by atoms with Gasteiger partial charge in [0.2, 0.25) is 10.0 Å². The number of nitrogens with one attached hydrogen (secondary N) is 2. The van der Waals surface area contributed by atoms with E-state index in [1.165, 1.54) is 11.3 Å². The maximum Gasteiger partial charge on any atom is 0.250 e. The molecule has 2 N–H and O–H groups in total. The van der Waals surface area contributed by atoms with E-state index >= 15 is 0 Å². The fourth-order valence-corrected chi connectivity index (χ4v) is 4.38. The Balaban J connectivity index is 2.87. The zero-order chi connectivity index (χ0) is 14.6. The van der Waals surface area contributed by atoms with Crippen LogP contribution in [0.2, 0.25) is 0 Å². The molecule has 0 aromatic carbocycles. The molecule has 1 aromatic heterocycles. The molecule has 1 unspecified atom stereocenters. The van der Waals surface area contributed by atoms with Gasteiger partial charge in [0.1, 0.15) is 4.21 Å². The molecule has 19 heavy (non-hydrogen) atoms. The highest BCUT2D eigenvalue weighted by Gasteiger charge is 2.20. The van der Waals surface area contributed by atoms with Gasteiger partial charge in [0.15, 0.2) is 0 Å². The van der Waals surface area contributed by atoms with Gasteiger partial charge < -0.3 is 5.32 Å². The molecule has 0 aliphatic carbocycles. The van der Waals surface area contributed by atoms with E-state index in [9.17, 15) is 8.42 Å². The first kappa shape index (κ1) is 16.6. The molecule has 1 rings (SSSR count). The van der Waals surface area contributed by atoms with Crippen LogP contribution in [0.3, 0.4) is 0 Å². The maximum absolute atomic E-state index is 12.2. The highest BCUT2D eigenvalue weighted by atomic mass is 32.2. The van der Waals surface area contributed by atoms with Gasteiger partial charge in [0.25, 0.3) is 0 Å². The van der Waals surface area contributed by atoms with Crippen LogP contribution in [-0.4, -0.2) is 20.5 Å². The van der Waals surface area contributed by atoms with E-state index in [-0.39, 0.29) is 6.04 Å². The molecule has 0 bridgehead atoms. The van der Waals surface area contributed by atoms with Crippen molar-refractivity contribution in [1.29, 1.82) is 0 Å². The molecule has 0 radical (unpaired) electrons. The molecule has 0 aliphatic rings. The summed E-state index contributed by atoms with van der Waals surface area (Å²) in [6.07, 6.45) is 0.783. The van der Waals surface area contributed by atoms with Gasteiger partial charge >= 0.3 is 0 Å². The summed E-state index contributed by atoms with van der Waals surface area (Å²) in [7, 11) is -3.37. The van der Waals surface area contributed by atoms with Crippen LogP contribution in [0.1, 0.15) is 44.6 Å². The average Bonchev–Trinajstić information content (AvgIpc) is 2.68. The SMILES string of the molecule is CCC(C)NS(=O)(=O)c1cc(C)c(CNC(C)C)s1. The van der Waals surface area contributed by atoms with Crippen LogP contribution in [0, 0.1) is 6.92 Å². The fraction of sp³-hybridized carbons (Fsp3) is 0.692. The van der Waals surface area contributed by atoms with Crippen molar-refractivity contribution in [3.63, 3.8) is 0 Å². The van der Waals surface area contributed by atoms with Crippen molar-refractivity contribution in [2.45, 2.75) is 63.9 Å². The molecular weight excluding hydrogens is 280 g/mol. The van der Waals surface area contributed by atoms with E-state index in [4.69, 9.17) is 0 Å². The summed E-state index contributed by atoms with van der Waals surface area (Å²) < 4.78 is 27.5. The summed E-state index contributed by atoms with van der Waals surface area (Å²) in [5, 5.41) is 3.31. The summed E-state index contributed by atoms with van der Waals surface area (Å²) in [5.41, 5.74) is 1.03. The van der Waals surface area contributed by atoms with Gasteiger partial charge in [-0.3, -0.25) is 0 Å². The fourth-order valence-electron chi connectivity index (χ4n) is 1.50. The second kappa shape index (κ2) is 6.83. The number of hydrogen-bond donors (Lipinski definition) is 2. The van der Waals surface area contributed by atoms with Crippen LogP contribution in [0.5, 0.6) is 0 Å². The third-order valence-electron chi connectivity index (χ3n) is 2.90. The lowest BCUT2D eigenvalue weighted by Crippen LogP contribution is -2.31.